The molecular formula is C21H14BrCl2N5O2S. The molecule has 0 atom stereocenters. The van der Waals surface area contributed by atoms with Gasteiger partial charge in [-0.3, -0.25) is 14.3 Å². The molecule has 0 saturated carbocycles. The van der Waals surface area contributed by atoms with E-state index in [9.17, 15) is 4.79 Å². The Morgan fingerprint density at radius 2 is 2.00 bits per heavy atom. The van der Waals surface area contributed by atoms with E-state index in [1.807, 2.05) is 34.2 Å². The average molecular weight is 551 g/mol. The number of benzene rings is 2. The number of nitrogens with zero attached hydrogens (tertiary/aromatic N) is 4. The van der Waals surface area contributed by atoms with Crippen molar-refractivity contribution in [2.24, 2.45) is 5.10 Å². The minimum absolute atomic E-state index is 0.249. The summed E-state index contributed by atoms with van der Waals surface area (Å²) in [6.07, 6.45) is 4.42. The van der Waals surface area contributed by atoms with Crippen LogP contribution in [0.15, 0.2) is 76.0 Å². The molecule has 0 fully saturated rings. The highest BCUT2D eigenvalue weighted by molar-refractivity contribution is 9.10. The van der Waals surface area contributed by atoms with E-state index in [0.717, 1.165) is 15.7 Å². The fraction of sp³-hybridized carbons (Fsp3) is 0.0476. The van der Waals surface area contributed by atoms with Gasteiger partial charge in [-0.05, 0) is 35.9 Å². The largest absolute Gasteiger partial charge is 0.466 e. The molecule has 0 unspecified atom stereocenters. The number of carbonyl (C=O) groups excluding carboxylic acids is 1. The maximum Gasteiger partial charge on any atom is 0.278 e. The highest BCUT2D eigenvalue weighted by Crippen LogP contribution is 2.29. The number of carbonyl (C=O) groups is 1. The van der Waals surface area contributed by atoms with Crippen molar-refractivity contribution in [1.82, 2.24) is 20.0 Å². The van der Waals surface area contributed by atoms with Gasteiger partial charge in [0.25, 0.3) is 5.91 Å². The van der Waals surface area contributed by atoms with Gasteiger partial charge >= 0.3 is 0 Å². The van der Waals surface area contributed by atoms with Crippen molar-refractivity contribution in [3.63, 3.8) is 0 Å². The second-order valence-electron chi connectivity index (χ2n) is 6.32. The third kappa shape index (κ3) is 5.36. The molecule has 0 bridgehead atoms. The summed E-state index contributed by atoms with van der Waals surface area (Å²) in [5.41, 5.74) is 5.00. The van der Waals surface area contributed by atoms with Crippen LogP contribution in [-0.2, 0) is 4.79 Å². The van der Waals surface area contributed by atoms with Crippen LogP contribution in [0.2, 0.25) is 10.0 Å². The van der Waals surface area contributed by atoms with Crippen LogP contribution in [-0.4, -0.2) is 27.0 Å². The molecular weight excluding hydrogens is 537 g/mol. The first-order valence-corrected chi connectivity index (χ1v) is 11.6. The van der Waals surface area contributed by atoms with Gasteiger partial charge in [-0.1, -0.05) is 51.3 Å². The van der Waals surface area contributed by atoms with Gasteiger partial charge in [0.1, 0.15) is 0 Å². The lowest BCUT2D eigenvalue weighted by Gasteiger charge is -2.11. The van der Waals surface area contributed by atoms with Crippen LogP contribution in [0.3, 0.4) is 0 Å². The second kappa shape index (κ2) is 10.3. The average Bonchev–Trinajstić information content (AvgIpc) is 3.21. The molecule has 1 N–H and O–H groups in total. The van der Waals surface area contributed by atoms with Crippen LogP contribution < -0.4 is 15.0 Å². The molecule has 0 saturated heterocycles. The minimum Gasteiger partial charge on any atom is -0.466 e. The number of hydrogen-bond donors (Lipinski definition) is 1. The maximum absolute atomic E-state index is 12.2. The lowest BCUT2D eigenvalue weighted by Crippen LogP contribution is -2.28. The lowest BCUT2D eigenvalue weighted by molar-refractivity contribution is -0.123. The molecule has 0 aliphatic carbocycles. The molecule has 0 radical (unpaired) electrons. The van der Waals surface area contributed by atoms with Gasteiger partial charge in [-0.25, -0.2) is 10.4 Å². The van der Waals surface area contributed by atoms with E-state index in [1.165, 1.54) is 29.9 Å². The lowest BCUT2D eigenvalue weighted by atomic mass is 10.1. The zero-order valence-electron chi connectivity index (χ0n) is 16.2. The molecule has 11 heteroatoms. The third-order valence-electron chi connectivity index (χ3n) is 4.17. The summed E-state index contributed by atoms with van der Waals surface area (Å²) < 4.78 is 8.12. The highest BCUT2D eigenvalue weighted by atomic mass is 79.9. The first-order valence-electron chi connectivity index (χ1n) is 9.14. The van der Waals surface area contributed by atoms with Crippen molar-refractivity contribution in [2.75, 3.05) is 6.61 Å². The van der Waals surface area contributed by atoms with Crippen LogP contribution >= 0.6 is 50.5 Å². The van der Waals surface area contributed by atoms with E-state index in [2.05, 4.69) is 36.4 Å². The third-order valence-corrected chi connectivity index (χ3v) is 6.06. The highest BCUT2D eigenvalue weighted by Gasteiger charge is 2.14. The summed E-state index contributed by atoms with van der Waals surface area (Å²) in [7, 11) is 0. The number of amides is 1. The van der Waals surface area contributed by atoms with Crippen molar-refractivity contribution >= 4 is 56.4 Å². The van der Waals surface area contributed by atoms with Crippen LogP contribution in [0.5, 0.6) is 5.88 Å². The van der Waals surface area contributed by atoms with E-state index >= 15 is 0 Å². The summed E-state index contributed by atoms with van der Waals surface area (Å²) in [5, 5.41) is 7.20. The maximum atomic E-state index is 12.2. The number of thiazole rings is 1. The van der Waals surface area contributed by atoms with E-state index < -0.39 is 5.91 Å². The standard InChI is InChI=1S/C21H14BrCl2N5O2S/c22-14-3-1-13(2-4-14)18-12-32-21(29(18)17-6-5-15(23)9-16(17)24)28-27-19(30)11-31-20-10-25-7-8-26-20/h1-10,12H,11H2,(H,27,30)/b28-21-. The molecule has 1 amide bonds. The van der Waals surface area contributed by atoms with Crippen LogP contribution in [0.25, 0.3) is 16.9 Å². The number of ether oxygens (including phenoxy) is 1. The topological polar surface area (TPSA) is 81.4 Å². The van der Waals surface area contributed by atoms with E-state index in [0.29, 0.717) is 20.5 Å². The van der Waals surface area contributed by atoms with Crippen LogP contribution in [0, 0.1) is 0 Å². The van der Waals surface area contributed by atoms with Crippen LogP contribution in [0.4, 0.5) is 0 Å². The molecule has 4 rings (SSSR count). The van der Waals surface area contributed by atoms with Gasteiger partial charge in [0.05, 0.1) is 22.6 Å². The fourth-order valence-corrected chi connectivity index (χ4v) is 4.36. The fourth-order valence-electron chi connectivity index (χ4n) is 2.75. The Kier molecular flexibility index (Phi) is 7.21. The normalized spacial score (nSPS) is 11.4. The predicted molar refractivity (Wildman–Crippen MR) is 128 cm³/mol. The SMILES string of the molecule is O=C(COc1cnccn1)N/N=c1\scc(-c2ccc(Br)cc2)n1-c1ccc(Cl)cc1Cl. The number of aromatic nitrogens is 3. The molecule has 2 heterocycles. The summed E-state index contributed by atoms with van der Waals surface area (Å²) >= 11 is 17.4. The van der Waals surface area contributed by atoms with E-state index in [4.69, 9.17) is 27.9 Å². The zero-order chi connectivity index (χ0) is 22.5. The summed E-state index contributed by atoms with van der Waals surface area (Å²) in [4.78, 5) is 20.6. The van der Waals surface area contributed by atoms with Crippen molar-refractivity contribution in [3.05, 3.63) is 85.8 Å². The van der Waals surface area contributed by atoms with Crippen molar-refractivity contribution in [3.8, 4) is 22.8 Å². The molecule has 4 aromatic rings. The summed E-state index contributed by atoms with van der Waals surface area (Å²) in [5.74, 6) is -0.192. The van der Waals surface area contributed by atoms with Gasteiger partial charge in [-0.15, -0.1) is 16.4 Å². The summed E-state index contributed by atoms with van der Waals surface area (Å²) in [6, 6.07) is 13.1. The zero-order valence-corrected chi connectivity index (χ0v) is 20.1. The molecule has 0 aliphatic rings. The Hall–Kier alpha value is -2.72. The van der Waals surface area contributed by atoms with E-state index in [-0.39, 0.29) is 12.5 Å². The van der Waals surface area contributed by atoms with Crippen LogP contribution in [0.1, 0.15) is 0 Å². The minimum atomic E-state index is -0.442. The van der Waals surface area contributed by atoms with Crippen molar-refractivity contribution in [2.45, 2.75) is 0 Å². The van der Waals surface area contributed by atoms with Gasteiger partial charge < -0.3 is 4.74 Å². The number of halogens is 3. The molecule has 7 nitrogen and oxygen atoms in total. The monoisotopic (exact) mass is 549 g/mol. The number of nitrogens with one attached hydrogen (secondary N) is 1. The smallest absolute Gasteiger partial charge is 0.278 e. The Bertz CT molecular complexity index is 1310. The Labute approximate surface area is 205 Å². The Balaban J connectivity index is 1.67. The first kappa shape index (κ1) is 22.5. The van der Waals surface area contributed by atoms with Gasteiger partial charge in [0, 0.05) is 27.3 Å². The first-order chi connectivity index (χ1) is 15.5. The molecule has 0 aliphatic heterocycles. The number of rotatable bonds is 6. The molecule has 0 spiro atoms. The van der Waals surface area contributed by atoms with E-state index in [1.54, 1.807) is 18.2 Å². The summed E-state index contributed by atoms with van der Waals surface area (Å²) in [6.45, 7) is -0.255. The Morgan fingerprint density at radius 1 is 1.19 bits per heavy atom. The second-order valence-corrected chi connectivity index (χ2v) is 8.92. The molecule has 32 heavy (non-hydrogen) atoms. The number of hydrogen-bond acceptors (Lipinski definition) is 6. The molecule has 2 aromatic heterocycles. The van der Waals surface area contributed by atoms with Crippen molar-refractivity contribution < 1.29 is 9.53 Å². The molecule has 162 valence electrons. The molecule has 2 aromatic carbocycles. The van der Waals surface area contributed by atoms with Gasteiger partial charge in [0.15, 0.2) is 6.61 Å². The predicted octanol–water partition coefficient (Wildman–Crippen LogP) is 5.08. The van der Waals surface area contributed by atoms with Crippen molar-refractivity contribution in [1.29, 1.82) is 0 Å². The quantitative estimate of drug-likeness (QED) is 0.340. The Morgan fingerprint density at radius 3 is 2.72 bits per heavy atom. The van der Waals surface area contributed by atoms with Gasteiger partial charge in [-0.2, -0.15) is 0 Å². The van der Waals surface area contributed by atoms with Gasteiger partial charge in [0.2, 0.25) is 10.7 Å².